The fourth-order valence-electron chi connectivity index (χ4n) is 1.89. The Labute approximate surface area is 115 Å². The minimum atomic E-state index is -0.922. The molecule has 1 aliphatic rings. The van der Waals surface area contributed by atoms with Crippen LogP contribution in [0.3, 0.4) is 0 Å². The minimum absolute atomic E-state index is 0.385. The van der Waals surface area contributed by atoms with Crippen LogP contribution >= 0.6 is 23.2 Å². The summed E-state index contributed by atoms with van der Waals surface area (Å²) >= 11 is 11.8. The molecule has 0 amide bonds. The Bertz CT molecular complexity index is 453. The minimum Gasteiger partial charge on any atom is -0.479 e. The van der Waals surface area contributed by atoms with Gasteiger partial charge in [0.2, 0.25) is 0 Å². The largest absolute Gasteiger partial charge is 0.479 e. The first-order valence-corrected chi connectivity index (χ1v) is 6.32. The zero-order chi connectivity index (χ0) is 13.1. The van der Waals surface area contributed by atoms with Gasteiger partial charge in [-0.25, -0.2) is 4.79 Å². The average molecular weight is 290 g/mol. The van der Waals surface area contributed by atoms with Gasteiger partial charge in [0.25, 0.3) is 0 Å². The van der Waals surface area contributed by atoms with E-state index in [1.165, 1.54) is 0 Å². The van der Waals surface area contributed by atoms with Crippen molar-refractivity contribution in [2.75, 3.05) is 19.7 Å². The van der Waals surface area contributed by atoms with Crippen LogP contribution in [0.2, 0.25) is 10.0 Å². The van der Waals surface area contributed by atoms with Gasteiger partial charge in [-0.2, -0.15) is 0 Å². The molecule has 0 unspecified atom stereocenters. The Morgan fingerprint density at radius 2 is 2.22 bits per heavy atom. The maximum absolute atomic E-state index is 10.9. The maximum Gasteiger partial charge on any atom is 0.334 e. The number of rotatable bonds is 3. The van der Waals surface area contributed by atoms with Crippen molar-refractivity contribution in [1.82, 2.24) is 4.90 Å². The summed E-state index contributed by atoms with van der Waals surface area (Å²) in [6.07, 6.45) is -0.749. The number of halogens is 2. The molecule has 1 aromatic rings. The molecule has 6 heteroatoms. The molecule has 1 fully saturated rings. The number of ether oxygens (including phenoxy) is 1. The first-order valence-electron chi connectivity index (χ1n) is 5.57. The molecule has 0 spiro atoms. The predicted octanol–water partition coefficient (Wildman–Crippen LogP) is 2.28. The molecule has 18 heavy (non-hydrogen) atoms. The van der Waals surface area contributed by atoms with Crippen molar-refractivity contribution in [3.05, 3.63) is 33.8 Å². The van der Waals surface area contributed by atoms with Crippen LogP contribution in [0.5, 0.6) is 0 Å². The van der Waals surface area contributed by atoms with E-state index in [-0.39, 0.29) is 0 Å². The molecule has 0 radical (unpaired) electrons. The second-order valence-electron chi connectivity index (χ2n) is 4.18. The molecule has 1 aromatic carbocycles. The molecule has 4 nitrogen and oxygen atoms in total. The summed E-state index contributed by atoms with van der Waals surface area (Å²) in [5.74, 6) is -0.922. The highest BCUT2D eigenvalue weighted by molar-refractivity contribution is 6.42. The number of carboxylic acids is 1. The van der Waals surface area contributed by atoms with Crippen LogP contribution in [-0.4, -0.2) is 41.8 Å². The quantitative estimate of drug-likeness (QED) is 0.928. The van der Waals surface area contributed by atoms with Crippen LogP contribution in [0.1, 0.15) is 5.56 Å². The van der Waals surface area contributed by atoms with Crippen molar-refractivity contribution in [3.8, 4) is 0 Å². The van der Waals surface area contributed by atoms with E-state index in [1.54, 1.807) is 12.1 Å². The number of carbonyl (C=O) groups is 1. The van der Waals surface area contributed by atoms with Gasteiger partial charge in [0.1, 0.15) is 0 Å². The van der Waals surface area contributed by atoms with E-state index >= 15 is 0 Å². The Balaban J connectivity index is 2.00. The Morgan fingerprint density at radius 3 is 2.89 bits per heavy atom. The standard InChI is InChI=1S/C12H13Cl2NO3/c13-9-2-1-8(5-10(9)14)6-15-3-4-18-11(7-15)12(16)17/h1-2,5,11H,3-4,6-7H2,(H,16,17)/t11-/m0/s1. The summed E-state index contributed by atoms with van der Waals surface area (Å²) in [4.78, 5) is 12.9. The van der Waals surface area contributed by atoms with Gasteiger partial charge in [-0.3, -0.25) is 4.90 Å². The monoisotopic (exact) mass is 289 g/mol. The Kier molecular flexibility index (Phi) is 4.45. The van der Waals surface area contributed by atoms with E-state index in [0.29, 0.717) is 36.3 Å². The van der Waals surface area contributed by atoms with E-state index in [0.717, 1.165) is 5.56 Å². The third-order valence-corrected chi connectivity index (χ3v) is 3.56. The number of benzene rings is 1. The van der Waals surface area contributed by atoms with Gasteiger partial charge in [0.15, 0.2) is 6.10 Å². The fraction of sp³-hybridized carbons (Fsp3) is 0.417. The lowest BCUT2D eigenvalue weighted by atomic mass is 10.2. The average Bonchev–Trinajstić information content (AvgIpc) is 2.34. The fourth-order valence-corrected chi connectivity index (χ4v) is 2.21. The van der Waals surface area contributed by atoms with Crippen LogP contribution in [0.15, 0.2) is 18.2 Å². The molecule has 0 saturated carbocycles. The van der Waals surface area contributed by atoms with Crippen LogP contribution in [0.25, 0.3) is 0 Å². The van der Waals surface area contributed by atoms with Crippen LogP contribution < -0.4 is 0 Å². The van der Waals surface area contributed by atoms with Crippen molar-refractivity contribution in [1.29, 1.82) is 0 Å². The zero-order valence-corrected chi connectivity index (χ0v) is 11.1. The summed E-state index contributed by atoms with van der Waals surface area (Å²) in [7, 11) is 0. The van der Waals surface area contributed by atoms with Gasteiger partial charge < -0.3 is 9.84 Å². The molecular weight excluding hydrogens is 277 g/mol. The van der Waals surface area contributed by atoms with Crippen LogP contribution in [-0.2, 0) is 16.1 Å². The lowest BCUT2D eigenvalue weighted by Gasteiger charge is -2.30. The topological polar surface area (TPSA) is 49.8 Å². The van der Waals surface area contributed by atoms with Crippen molar-refractivity contribution >= 4 is 29.2 Å². The first kappa shape index (κ1) is 13.6. The van der Waals surface area contributed by atoms with Crippen LogP contribution in [0, 0.1) is 0 Å². The number of hydrogen-bond acceptors (Lipinski definition) is 3. The maximum atomic E-state index is 10.9. The van der Waals surface area contributed by atoms with Gasteiger partial charge in [-0.15, -0.1) is 0 Å². The van der Waals surface area contributed by atoms with Gasteiger partial charge in [0.05, 0.1) is 16.7 Å². The summed E-state index contributed by atoms with van der Waals surface area (Å²) in [6, 6.07) is 5.43. The van der Waals surface area contributed by atoms with E-state index in [9.17, 15) is 4.79 Å². The number of nitrogens with zero attached hydrogens (tertiary/aromatic N) is 1. The Hall–Kier alpha value is -0.810. The van der Waals surface area contributed by atoms with Gasteiger partial charge in [-0.1, -0.05) is 29.3 Å². The number of carboxylic acid groups (broad SMARTS) is 1. The number of hydrogen-bond donors (Lipinski definition) is 1. The normalized spacial score (nSPS) is 20.9. The SMILES string of the molecule is O=C(O)[C@@H]1CN(Cc2ccc(Cl)c(Cl)c2)CCO1. The molecule has 0 aromatic heterocycles. The summed E-state index contributed by atoms with van der Waals surface area (Å²) in [6.45, 7) is 2.17. The molecular formula is C12H13Cl2NO3. The van der Waals surface area contributed by atoms with Crippen molar-refractivity contribution in [2.24, 2.45) is 0 Å². The van der Waals surface area contributed by atoms with Crippen molar-refractivity contribution < 1.29 is 14.6 Å². The van der Waals surface area contributed by atoms with Crippen LogP contribution in [0.4, 0.5) is 0 Å². The molecule has 2 rings (SSSR count). The molecule has 0 bridgehead atoms. The highest BCUT2D eigenvalue weighted by Crippen LogP contribution is 2.23. The molecule has 1 atom stereocenters. The molecule has 0 aliphatic carbocycles. The van der Waals surface area contributed by atoms with Crippen molar-refractivity contribution in [2.45, 2.75) is 12.6 Å². The number of morpholine rings is 1. The molecule has 1 saturated heterocycles. The van der Waals surface area contributed by atoms with Gasteiger partial charge >= 0.3 is 5.97 Å². The summed E-state index contributed by atoms with van der Waals surface area (Å²) < 4.78 is 5.16. The highest BCUT2D eigenvalue weighted by Gasteiger charge is 2.26. The molecule has 1 aliphatic heterocycles. The predicted molar refractivity (Wildman–Crippen MR) is 69.1 cm³/mol. The lowest BCUT2D eigenvalue weighted by Crippen LogP contribution is -2.45. The van der Waals surface area contributed by atoms with E-state index in [2.05, 4.69) is 0 Å². The Morgan fingerprint density at radius 1 is 1.44 bits per heavy atom. The lowest BCUT2D eigenvalue weighted by molar-refractivity contribution is -0.156. The zero-order valence-electron chi connectivity index (χ0n) is 9.60. The van der Waals surface area contributed by atoms with E-state index in [1.807, 2.05) is 11.0 Å². The van der Waals surface area contributed by atoms with E-state index < -0.39 is 12.1 Å². The van der Waals surface area contributed by atoms with E-state index in [4.69, 9.17) is 33.0 Å². The van der Waals surface area contributed by atoms with Gasteiger partial charge in [-0.05, 0) is 17.7 Å². The summed E-state index contributed by atoms with van der Waals surface area (Å²) in [5, 5.41) is 9.94. The number of aliphatic carboxylic acids is 1. The highest BCUT2D eigenvalue weighted by atomic mass is 35.5. The van der Waals surface area contributed by atoms with Crippen molar-refractivity contribution in [3.63, 3.8) is 0 Å². The smallest absolute Gasteiger partial charge is 0.334 e. The second kappa shape index (κ2) is 5.89. The third kappa shape index (κ3) is 3.36. The molecule has 1 heterocycles. The third-order valence-electron chi connectivity index (χ3n) is 2.82. The molecule has 1 N–H and O–H groups in total. The molecule has 98 valence electrons. The first-order chi connectivity index (χ1) is 8.56. The second-order valence-corrected chi connectivity index (χ2v) is 5.00. The summed E-state index contributed by atoms with van der Waals surface area (Å²) in [5.41, 5.74) is 1.01. The van der Waals surface area contributed by atoms with Gasteiger partial charge in [0, 0.05) is 19.6 Å².